The van der Waals surface area contributed by atoms with Gasteiger partial charge in [-0.1, -0.05) is 46.9 Å². The molecule has 0 spiro atoms. The van der Waals surface area contributed by atoms with Gasteiger partial charge in [0.15, 0.2) is 0 Å². The Morgan fingerprint density at radius 1 is 0.870 bits per heavy atom. The standard InChI is InChI=1S/C14H13N5.2C2H6/c1-10(13-5-3-4-8-16-13)18-19-11(2)14-7-6-12(15)9-17-14;2*1-2/h3-9H,1-2,15H2;2*1-2H3. The number of azo groups is 1. The van der Waals surface area contributed by atoms with Crippen molar-refractivity contribution in [2.45, 2.75) is 27.7 Å². The summed E-state index contributed by atoms with van der Waals surface area (Å²) in [5.41, 5.74) is 8.35. The second-order valence-corrected chi connectivity index (χ2v) is 3.79. The lowest BCUT2D eigenvalue weighted by molar-refractivity contribution is 1.17. The van der Waals surface area contributed by atoms with Crippen LogP contribution in [0.5, 0.6) is 0 Å². The molecule has 0 unspecified atom stereocenters. The highest BCUT2D eigenvalue weighted by Gasteiger charge is 2.00. The van der Waals surface area contributed by atoms with Crippen LogP contribution in [0.2, 0.25) is 0 Å². The highest BCUT2D eigenvalue weighted by molar-refractivity contribution is 5.62. The molecular weight excluding hydrogens is 286 g/mol. The van der Waals surface area contributed by atoms with Crippen molar-refractivity contribution in [3.63, 3.8) is 0 Å². The van der Waals surface area contributed by atoms with Crippen LogP contribution in [0, 0.1) is 0 Å². The Labute approximate surface area is 138 Å². The molecule has 0 saturated carbocycles. The van der Waals surface area contributed by atoms with Gasteiger partial charge in [0.2, 0.25) is 0 Å². The van der Waals surface area contributed by atoms with Gasteiger partial charge >= 0.3 is 0 Å². The predicted molar refractivity (Wildman–Crippen MR) is 98.5 cm³/mol. The zero-order valence-corrected chi connectivity index (χ0v) is 14.3. The third kappa shape index (κ3) is 7.13. The van der Waals surface area contributed by atoms with Crippen molar-refractivity contribution >= 4 is 17.1 Å². The topological polar surface area (TPSA) is 76.5 Å². The molecule has 2 aromatic rings. The van der Waals surface area contributed by atoms with E-state index in [0.29, 0.717) is 28.5 Å². The maximum Gasteiger partial charge on any atom is 0.104 e. The summed E-state index contributed by atoms with van der Waals surface area (Å²) in [6.45, 7) is 15.6. The normalized spacial score (nSPS) is 9.22. The summed E-state index contributed by atoms with van der Waals surface area (Å²) in [5, 5.41) is 7.98. The number of rotatable bonds is 4. The summed E-state index contributed by atoms with van der Waals surface area (Å²) in [6.07, 6.45) is 3.22. The molecule has 2 aromatic heterocycles. The van der Waals surface area contributed by atoms with E-state index in [1.807, 2.05) is 45.9 Å². The zero-order valence-electron chi connectivity index (χ0n) is 14.3. The molecule has 0 radical (unpaired) electrons. The van der Waals surface area contributed by atoms with E-state index in [1.165, 1.54) is 0 Å². The quantitative estimate of drug-likeness (QED) is 0.788. The minimum absolute atomic E-state index is 0.442. The van der Waals surface area contributed by atoms with Crippen LogP contribution in [0.1, 0.15) is 39.1 Å². The van der Waals surface area contributed by atoms with Crippen LogP contribution in [0.3, 0.4) is 0 Å². The number of nitrogens with zero attached hydrogens (tertiary/aromatic N) is 4. The number of hydrogen-bond donors (Lipinski definition) is 1. The molecule has 2 N–H and O–H groups in total. The Morgan fingerprint density at radius 3 is 1.87 bits per heavy atom. The fourth-order valence-corrected chi connectivity index (χ4v) is 1.33. The molecule has 0 aromatic carbocycles. The minimum Gasteiger partial charge on any atom is -0.397 e. The van der Waals surface area contributed by atoms with Gasteiger partial charge in [-0.15, -0.1) is 10.2 Å². The van der Waals surface area contributed by atoms with Crippen molar-refractivity contribution in [2.75, 3.05) is 5.73 Å². The third-order valence-electron chi connectivity index (χ3n) is 2.33. The molecule has 0 bridgehead atoms. The first-order chi connectivity index (χ1) is 11.2. The molecule has 5 heteroatoms. The van der Waals surface area contributed by atoms with Crippen molar-refractivity contribution in [1.82, 2.24) is 9.97 Å². The molecule has 0 fully saturated rings. The van der Waals surface area contributed by atoms with Crippen molar-refractivity contribution in [3.8, 4) is 0 Å². The molecular formula is C18H25N5. The average molecular weight is 311 g/mol. The van der Waals surface area contributed by atoms with E-state index in [1.54, 1.807) is 24.5 Å². The van der Waals surface area contributed by atoms with Crippen molar-refractivity contribution in [1.29, 1.82) is 0 Å². The van der Waals surface area contributed by atoms with E-state index in [0.717, 1.165) is 0 Å². The molecule has 0 amide bonds. The van der Waals surface area contributed by atoms with Gasteiger partial charge in [0.25, 0.3) is 0 Å². The van der Waals surface area contributed by atoms with E-state index >= 15 is 0 Å². The van der Waals surface area contributed by atoms with E-state index in [9.17, 15) is 0 Å². The summed E-state index contributed by atoms with van der Waals surface area (Å²) in [6, 6.07) is 8.97. The van der Waals surface area contributed by atoms with Crippen LogP contribution < -0.4 is 5.73 Å². The molecule has 122 valence electrons. The first-order valence-corrected chi connectivity index (χ1v) is 7.59. The molecule has 0 saturated heterocycles. The van der Waals surface area contributed by atoms with Gasteiger partial charge in [0, 0.05) is 6.20 Å². The van der Waals surface area contributed by atoms with Crippen LogP contribution in [0.4, 0.5) is 5.69 Å². The molecule has 2 heterocycles. The van der Waals surface area contributed by atoms with Crippen molar-refractivity contribution in [2.24, 2.45) is 10.2 Å². The maximum absolute atomic E-state index is 5.56. The van der Waals surface area contributed by atoms with E-state index in [-0.39, 0.29) is 0 Å². The highest BCUT2D eigenvalue weighted by atomic mass is 15.1. The van der Waals surface area contributed by atoms with Gasteiger partial charge in [-0.25, -0.2) is 0 Å². The number of nitrogen functional groups attached to an aromatic ring is 1. The third-order valence-corrected chi connectivity index (χ3v) is 2.33. The summed E-state index contributed by atoms with van der Waals surface area (Å²) < 4.78 is 0. The van der Waals surface area contributed by atoms with E-state index in [2.05, 4.69) is 33.4 Å². The van der Waals surface area contributed by atoms with Crippen molar-refractivity contribution < 1.29 is 0 Å². The van der Waals surface area contributed by atoms with Gasteiger partial charge in [-0.3, -0.25) is 9.97 Å². The summed E-state index contributed by atoms with van der Waals surface area (Å²) in [7, 11) is 0. The second kappa shape index (κ2) is 11.8. The first-order valence-electron chi connectivity index (χ1n) is 7.59. The van der Waals surface area contributed by atoms with Crippen molar-refractivity contribution in [3.05, 3.63) is 67.3 Å². The predicted octanol–water partition coefficient (Wildman–Crippen LogP) is 5.21. The molecule has 0 atom stereocenters. The van der Waals surface area contributed by atoms with Gasteiger partial charge in [-0.2, -0.15) is 0 Å². The summed E-state index contributed by atoms with van der Waals surface area (Å²) in [5.74, 6) is 0. The fourth-order valence-electron chi connectivity index (χ4n) is 1.33. The lowest BCUT2D eigenvalue weighted by Crippen LogP contribution is -1.89. The number of hydrogen-bond acceptors (Lipinski definition) is 5. The van der Waals surface area contributed by atoms with Crippen LogP contribution in [-0.2, 0) is 0 Å². The molecule has 0 aliphatic heterocycles. The van der Waals surface area contributed by atoms with Crippen LogP contribution in [0.25, 0.3) is 11.4 Å². The van der Waals surface area contributed by atoms with Gasteiger partial charge in [0.1, 0.15) is 11.4 Å². The Kier molecular flexibility index (Phi) is 10.4. The van der Waals surface area contributed by atoms with Gasteiger partial charge in [0.05, 0.1) is 23.3 Å². The van der Waals surface area contributed by atoms with E-state index in [4.69, 9.17) is 5.73 Å². The summed E-state index contributed by atoms with van der Waals surface area (Å²) in [4.78, 5) is 8.23. The molecule has 2 rings (SSSR count). The Hall–Kier alpha value is -2.82. The SMILES string of the molecule is C=C(N=NC(=C)c1ccc(N)cn1)c1ccccn1.CC.CC. The minimum atomic E-state index is 0.442. The average Bonchev–Trinajstić information content (AvgIpc) is 2.64. The zero-order chi connectivity index (χ0) is 17.7. The lowest BCUT2D eigenvalue weighted by Gasteiger charge is -2.00. The molecule has 0 aliphatic rings. The van der Waals surface area contributed by atoms with Crippen LogP contribution in [-0.4, -0.2) is 9.97 Å². The lowest BCUT2D eigenvalue weighted by atomic mass is 10.3. The maximum atomic E-state index is 5.56. The summed E-state index contributed by atoms with van der Waals surface area (Å²) >= 11 is 0. The smallest absolute Gasteiger partial charge is 0.104 e. The number of aromatic nitrogens is 2. The van der Waals surface area contributed by atoms with Gasteiger partial charge < -0.3 is 5.73 Å². The largest absolute Gasteiger partial charge is 0.397 e. The first kappa shape index (κ1) is 20.2. The molecule has 23 heavy (non-hydrogen) atoms. The number of anilines is 1. The highest BCUT2D eigenvalue weighted by Crippen LogP contribution is 2.16. The van der Waals surface area contributed by atoms with E-state index < -0.39 is 0 Å². The van der Waals surface area contributed by atoms with Crippen LogP contribution >= 0.6 is 0 Å². The van der Waals surface area contributed by atoms with Gasteiger partial charge in [-0.05, 0) is 24.3 Å². The number of nitrogens with two attached hydrogens (primary N) is 1. The molecule has 5 nitrogen and oxygen atoms in total. The monoisotopic (exact) mass is 311 g/mol. The number of pyridine rings is 2. The molecule has 0 aliphatic carbocycles. The Bertz CT molecular complexity index is 616. The Morgan fingerprint density at radius 2 is 1.43 bits per heavy atom. The van der Waals surface area contributed by atoms with Crippen LogP contribution in [0.15, 0.2) is 66.1 Å². The second-order valence-electron chi connectivity index (χ2n) is 3.79. The fraction of sp³-hybridized carbons (Fsp3) is 0.222. The Balaban J connectivity index is 0.00000112.